The van der Waals surface area contributed by atoms with Gasteiger partial charge in [0, 0.05) is 32.2 Å². The number of nitrogens with zero attached hydrogens (tertiary/aromatic N) is 2. The molecule has 2 saturated heterocycles. The fourth-order valence-electron chi connectivity index (χ4n) is 2.89. The number of morpholine rings is 1. The third-order valence-corrected chi connectivity index (χ3v) is 4.16. The number of hydrogen-bond acceptors (Lipinski definition) is 4. The Morgan fingerprint density at radius 2 is 1.75 bits per heavy atom. The predicted octanol–water partition coefficient (Wildman–Crippen LogP) is 0.554. The number of rotatable bonds is 3. The summed E-state index contributed by atoms with van der Waals surface area (Å²) in [6.45, 7) is 8.84. The highest BCUT2D eigenvalue weighted by molar-refractivity contribution is 4.81. The normalized spacial score (nSPS) is 28.1. The lowest BCUT2D eigenvalue weighted by Gasteiger charge is -2.40. The molecule has 0 aromatic carbocycles. The molecule has 0 bridgehead atoms. The fourth-order valence-corrected chi connectivity index (χ4v) is 2.89. The highest BCUT2D eigenvalue weighted by Crippen LogP contribution is 2.23. The first kappa shape index (κ1) is 12.3. The Hall–Kier alpha value is -0.160. The average Bonchev–Trinajstić information content (AvgIpc) is 2.39. The van der Waals surface area contributed by atoms with Crippen molar-refractivity contribution in [3.63, 3.8) is 0 Å². The van der Waals surface area contributed by atoms with Crippen molar-refractivity contribution >= 4 is 0 Å². The molecule has 0 aliphatic carbocycles. The van der Waals surface area contributed by atoms with E-state index >= 15 is 0 Å². The van der Waals surface area contributed by atoms with Crippen LogP contribution in [0.15, 0.2) is 0 Å². The Kier molecular flexibility index (Phi) is 4.58. The predicted molar refractivity (Wildman–Crippen MR) is 65.2 cm³/mol. The monoisotopic (exact) mass is 227 g/mol. The first-order valence-corrected chi connectivity index (χ1v) is 6.55. The average molecular weight is 227 g/mol. The van der Waals surface area contributed by atoms with E-state index in [0.717, 1.165) is 38.3 Å². The first-order valence-electron chi connectivity index (χ1n) is 6.55. The van der Waals surface area contributed by atoms with Gasteiger partial charge in [0.05, 0.1) is 13.2 Å². The van der Waals surface area contributed by atoms with Gasteiger partial charge in [-0.25, -0.2) is 5.01 Å². The largest absolute Gasteiger partial charge is 0.379 e. The van der Waals surface area contributed by atoms with Gasteiger partial charge in [-0.3, -0.25) is 10.3 Å². The maximum Gasteiger partial charge on any atom is 0.0594 e. The third kappa shape index (κ3) is 2.94. The van der Waals surface area contributed by atoms with E-state index in [0.29, 0.717) is 0 Å². The summed E-state index contributed by atoms with van der Waals surface area (Å²) in [6.07, 6.45) is 2.64. The second-order valence-corrected chi connectivity index (χ2v) is 4.94. The molecule has 1 N–H and O–H groups in total. The molecule has 4 nitrogen and oxygen atoms in total. The summed E-state index contributed by atoms with van der Waals surface area (Å²) >= 11 is 0. The van der Waals surface area contributed by atoms with E-state index in [4.69, 9.17) is 4.74 Å². The van der Waals surface area contributed by atoms with Crippen LogP contribution < -0.4 is 5.43 Å². The third-order valence-electron chi connectivity index (χ3n) is 4.16. The van der Waals surface area contributed by atoms with Gasteiger partial charge in [0.25, 0.3) is 0 Å². The van der Waals surface area contributed by atoms with E-state index in [1.54, 1.807) is 0 Å². The molecule has 0 aromatic heterocycles. The van der Waals surface area contributed by atoms with Gasteiger partial charge in [0.1, 0.15) is 0 Å². The molecule has 4 heteroatoms. The van der Waals surface area contributed by atoms with Crippen LogP contribution in [0, 0.1) is 5.92 Å². The molecule has 2 heterocycles. The number of hydrazine groups is 1. The van der Waals surface area contributed by atoms with Crippen LogP contribution in [0.2, 0.25) is 0 Å². The topological polar surface area (TPSA) is 27.7 Å². The van der Waals surface area contributed by atoms with E-state index in [2.05, 4.69) is 22.3 Å². The van der Waals surface area contributed by atoms with Crippen molar-refractivity contribution < 1.29 is 4.74 Å². The summed E-state index contributed by atoms with van der Waals surface area (Å²) in [6, 6.07) is 0.725. The Labute approximate surface area is 98.9 Å². The first-order chi connectivity index (χ1) is 7.81. The summed E-state index contributed by atoms with van der Waals surface area (Å²) in [4.78, 5) is 2.60. The second kappa shape index (κ2) is 5.96. The highest BCUT2D eigenvalue weighted by atomic mass is 16.5. The maximum atomic E-state index is 5.41. The van der Waals surface area contributed by atoms with Gasteiger partial charge in [-0.15, -0.1) is 0 Å². The lowest BCUT2D eigenvalue weighted by atomic mass is 9.90. The molecule has 0 amide bonds. The van der Waals surface area contributed by atoms with Crippen molar-refractivity contribution in [3.8, 4) is 0 Å². The van der Waals surface area contributed by atoms with Crippen molar-refractivity contribution in [2.45, 2.75) is 25.8 Å². The maximum absolute atomic E-state index is 5.41. The minimum atomic E-state index is 0.725. The zero-order chi connectivity index (χ0) is 11.4. The Bertz CT molecular complexity index is 198. The van der Waals surface area contributed by atoms with Crippen LogP contribution in [0.5, 0.6) is 0 Å². The van der Waals surface area contributed by atoms with Gasteiger partial charge in [0.2, 0.25) is 0 Å². The molecule has 0 spiro atoms. The molecular formula is C12H25N3O. The zero-order valence-electron chi connectivity index (χ0n) is 10.6. The van der Waals surface area contributed by atoms with Gasteiger partial charge < -0.3 is 4.74 Å². The molecule has 0 radical (unpaired) electrons. The fraction of sp³-hybridized carbons (Fsp3) is 1.00. The summed E-state index contributed by atoms with van der Waals surface area (Å²) in [5.41, 5.74) is 3.24. The van der Waals surface area contributed by atoms with E-state index < -0.39 is 0 Å². The number of nitrogens with one attached hydrogen (secondary N) is 1. The van der Waals surface area contributed by atoms with Crippen molar-refractivity contribution in [1.29, 1.82) is 0 Å². The van der Waals surface area contributed by atoms with E-state index in [1.165, 1.54) is 25.9 Å². The molecule has 1 atom stereocenters. The van der Waals surface area contributed by atoms with Crippen molar-refractivity contribution in [2.75, 3.05) is 46.4 Å². The summed E-state index contributed by atoms with van der Waals surface area (Å²) in [5, 5.41) is 2.32. The Morgan fingerprint density at radius 1 is 1.12 bits per heavy atom. The minimum absolute atomic E-state index is 0.725. The molecular weight excluding hydrogens is 202 g/mol. The zero-order valence-corrected chi connectivity index (χ0v) is 10.6. The van der Waals surface area contributed by atoms with Crippen LogP contribution in [0.1, 0.15) is 19.8 Å². The smallest absolute Gasteiger partial charge is 0.0594 e. The molecule has 16 heavy (non-hydrogen) atoms. The van der Waals surface area contributed by atoms with Crippen LogP contribution in [-0.4, -0.2) is 62.4 Å². The van der Waals surface area contributed by atoms with Gasteiger partial charge in [-0.1, -0.05) is 0 Å². The molecule has 0 saturated carbocycles. The lowest BCUT2D eigenvalue weighted by molar-refractivity contribution is -0.00408. The molecule has 2 aliphatic rings. The van der Waals surface area contributed by atoms with Crippen LogP contribution in [0.25, 0.3) is 0 Å². The van der Waals surface area contributed by atoms with E-state index in [-0.39, 0.29) is 0 Å². The summed E-state index contributed by atoms with van der Waals surface area (Å²) in [5.74, 6) is 0.864. The second-order valence-electron chi connectivity index (χ2n) is 4.94. The van der Waals surface area contributed by atoms with Crippen molar-refractivity contribution in [3.05, 3.63) is 0 Å². The molecule has 2 rings (SSSR count). The van der Waals surface area contributed by atoms with Crippen LogP contribution in [0.4, 0.5) is 0 Å². The number of ether oxygens (including phenoxy) is 1. The van der Waals surface area contributed by atoms with Gasteiger partial charge >= 0.3 is 0 Å². The van der Waals surface area contributed by atoms with Crippen molar-refractivity contribution in [2.24, 2.45) is 5.92 Å². The summed E-state index contributed by atoms with van der Waals surface area (Å²) in [7, 11) is 2.02. The molecule has 2 fully saturated rings. The molecule has 94 valence electrons. The van der Waals surface area contributed by atoms with Gasteiger partial charge in [-0.2, -0.15) is 0 Å². The van der Waals surface area contributed by atoms with E-state index in [1.807, 2.05) is 7.05 Å². The minimum Gasteiger partial charge on any atom is -0.379 e. The van der Waals surface area contributed by atoms with Crippen molar-refractivity contribution in [1.82, 2.24) is 15.3 Å². The Morgan fingerprint density at radius 3 is 2.31 bits per heavy atom. The number of hydrogen-bond donors (Lipinski definition) is 1. The van der Waals surface area contributed by atoms with Gasteiger partial charge in [0.15, 0.2) is 0 Å². The SMILES string of the molecule is CNN1CCC(C(C)N2CCOCC2)CC1. The standard InChI is InChI=1S/C12H25N3O/c1-11(14-7-9-16-10-8-14)12-3-5-15(13-2)6-4-12/h11-13H,3-10H2,1-2H3. The van der Waals surface area contributed by atoms with Crippen LogP contribution in [-0.2, 0) is 4.74 Å². The lowest BCUT2D eigenvalue weighted by Crippen LogP contribution is -2.49. The van der Waals surface area contributed by atoms with E-state index in [9.17, 15) is 0 Å². The quantitative estimate of drug-likeness (QED) is 0.762. The van der Waals surface area contributed by atoms with Gasteiger partial charge in [-0.05, 0) is 32.7 Å². The molecule has 2 aliphatic heterocycles. The van der Waals surface area contributed by atoms with Crippen LogP contribution in [0.3, 0.4) is 0 Å². The summed E-state index contributed by atoms with van der Waals surface area (Å²) < 4.78 is 5.41. The number of piperidine rings is 1. The molecule has 1 unspecified atom stereocenters. The molecule has 0 aromatic rings. The highest BCUT2D eigenvalue weighted by Gasteiger charge is 2.27. The van der Waals surface area contributed by atoms with Crippen LogP contribution >= 0.6 is 0 Å². The Balaban J connectivity index is 1.78.